The van der Waals surface area contributed by atoms with Crippen molar-refractivity contribution in [1.29, 1.82) is 0 Å². The number of carbonyl (C=O) groups excluding carboxylic acids is 1. The second-order valence-electron chi connectivity index (χ2n) is 5.67. The molecule has 24 heavy (non-hydrogen) atoms. The molecule has 3 aromatic rings. The molecule has 1 aliphatic rings. The van der Waals surface area contributed by atoms with Crippen molar-refractivity contribution in [2.45, 2.75) is 12.6 Å². The van der Waals surface area contributed by atoms with E-state index in [4.69, 9.17) is 11.6 Å². The zero-order chi connectivity index (χ0) is 16.5. The maximum atomic E-state index is 12.1. The number of fused-ring (bicyclic) bond motifs is 1. The van der Waals surface area contributed by atoms with E-state index in [1.807, 2.05) is 59.3 Å². The third kappa shape index (κ3) is 2.74. The Kier molecular flexibility index (Phi) is 3.70. The molecule has 4 rings (SSSR count). The largest absolute Gasteiger partial charge is 0.327 e. The van der Waals surface area contributed by atoms with Gasteiger partial charge in [0.1, 0.15) is 5.82 Å². The van der Waals surface area contributed by atoms with Gasteiger partial charge in [-0.2, -0.15) is 5.10 Å². The Bertz CT molecular complexity index is 874. The maximum Gasteiger partial charge on any atom is 0.321 e. The van der Waals surface area contributed by atoms with Crippen molar-refractivity contribution in [3.63, 3.8) is 0 Å². The number of amides is 2. The van der Waals surface area contributed by atoms with E-state index in [0.29, 0.717) is 11.6 Å². The zero-order valence-electron chi connectivity index (χ0n) is 12.7. The van der Waals surface area contributed by atoms with E-state index in [1.165, 1.54) is 0 Å². The predicted octanol–water partition coefficient (Wildman–Crippen LogP) is 3.81. The minimum Gasteiger partial charge on any atom is -0.327 e. The summed E-state index contributed by atoms with van der Waals surface area (Å²) < 4.78 is 1.81. The van der Waals surface area contributed by atoms with Crippen LogP contribution in [0.4, 0.5) is 10.6 Å². The average Bonchev–Trinajstić information content (AvgIpc) is 2.99. The van der Waals surface area contributed by atoms with Gasteiger partial charge in [0, 0.05) is 10.6 Å². The maximum absolute atomic E-state index is 12.1. The normalized spacial score (nSPS) is 16.2. The second-order valence-corrected chi connectivity index (χ2v) is 6.11. The molecule has 2 aromatic carbocycles. The van der Waals surface area contributed by atoms with Crippen LogP contribution in [0.5, 0.6) is 0 Å². The Morgan fingerprint density at radius 3 is 2.58 bits per heavy atom. The Labute approximate surface area is 144 Å². The van der Waals surface area contributed by atoms with Crippen molar-refractivity contribution in [1.82, 2.24) is 15.1 Å². The van der Waals surface area contributed by atoms with Crippen LogP contribution in [-0.2, 0) is 6.54 Å². The number of hydrogen-bond acceptors (Lipinski definition) is 2. The first kappa shape index (κ1) is 14.8. The minimum atomic E-state index is -0.240. The fraction of sp³-hybridized carbons (Fsp3) is 0.111. The summed E-state index contributed by atoms with van der Waals surface area (Å²) in [7, 11) is 0. The highest BCUT2D eigenvalue weighted by molar-refractivity contribution is 6.30. The molecule has 1 aliphatic heterocycles. The van der Waals surface area contributed by atoms with Crippen molar-refractivity contribution in [2.75, 3.05) is 5.32 Å². The number of nitrogens with one attached hydrogen (secondary N) is 2. The van der Waals surface area contributed by atoms with Crippen LogP contribution in [0.2, 0.25) is 5.02 Å². The summed E-state index contributed by atoms with van der Waals surface area (Å²) in [4.78, 5) is 12.1. The van der Waals surface area contributed by atoms with E-state index in [9.17, 15) is 4.79 Å². The number of urea groups is 1. The Morgan fingerprint density at radius 2 is 1.83 bits per heavy atom. The highest BCUT2D eigenvalue weighted by Crippen LogP contribution is 2.32. The minimum absolute atomic E-state index is 0.239. The summed E-state index contributed by atoms with van der Waals surface area (Å²) >= 11 is 5.96. The molecule has 0 spiro atoms. The van der Waals surface area contributed by atoms with Crippen molar-refractivity contribution >= 4 is 23.4 Å². The van der Waals surface area contributed by atoms with Crippen LogP contribution in [-0.4, -0.2) is 15.8 Å². The molecular weight excluding hydrogens is 324 g/mol. The molecule has 0 bridgehead atoms. The first-order valence-corrected chi connectivity index (χ1v) is 8.01. The van der Waals surface area contributed by atoms with Gasteiger partial charge in [0.05, 0.1) is 18.8 Å². The number of aromatic nitrogens is 2. The number of benzene rings is 2. The molecule has 0 saturated heterocycles. The van der Waals surface area contributed by atoms with Crippen LogP contribution in [0, 0.1) is 0 Å². The summed E-state index contributed by atoms with van der Waals surface area (Å²) in [6.45, 7) is 0.601. The van der Waals surface area contributed by atoms with Crippen molar-refractivity contribution < 1.29 is 4.79 Å². The smallest absolute Gasteiger partial charge is 0.321 e. The van der Waals surface area contributed by atoms with Crippen LogP contribution in [0.3, 0.4) is 0 Å². The van der Waals surface area contributed by atoms with E-state index in [1.54, 1.807) is 6.20 Å². The molecule has 2 amide bonds. The van der Waals surface area contributed by atoms with Gasteiger partial charge in [-0.1, -0.05) is 54.1 Å². The summed E-state index contributed by atoms with van der Waals surface area (Å²) in [5, 5.41) is 10.9. The van der Waals surface area contributed by atoms with Crippen LogP contribution in [0.15, 0.2) is 60.8 Å². The van der Waals surface area contributed by atoms with Crippen LogP contribution < -0.4 is 10.6 Å². The van der Waals surface area contributed by atoms with E-state index in [0.717, 1.165) is 22.5 Å². The fourth-order valence-electron chi connectivity index (χ4n) is 2.89. The predicted molar refractivity (Wildman–Crippen MR) is 93.2 cm³/mol. The first-order chi connectivity index (χ1) is 11.7. The molecule has 6 heteroatoms. The average molecular weight is 339 g/mol. The van der Waals surface area contributed by atoms with Crippen LogP contribution in [0.1, 0.15) is 22.7 Å². The van der Waals surface area contributed by atoms with Gasteiger partial charge < -0.3 is 5.32 Å². The molecule has 1 atom stereocenters. The van der Waals surface area contributed by atoms with Gasteiger partial charge in [-0.05, 0) is 23.3 Å². The number of anilines is 1. The quantitative estimate of drug-likeness (QED) is 0.763. The SMILES string of the molecule is O=C1Nc2c(cnn2Cc2ccccc2)[C@@H](c2ccc(Cl)cc2)N1. The van der Waals surface area contributed by atoms with Crippen LogP contribution in [0.25, 0.3) is 0 Å². The number of rotatable bonds is 3. The number of halogens is 1. The molecule has 0 fully saturated rings. The van der Waals surface area contributed by atoms with E-state index in [-0.39, 0.29) is 12.1 Å². The van der Waals surface area contributed by atoms with Gasteiger partial charge in [0.15, 0.2) is 0 Å². The zero-order valence-corrected chi connectivity index (χ0v) is 13.5. The molecule has 2 heterocycles. The fourth-order valence-corrected chi connectivity index (χ4v) is 3.02. The number of hydrogen-bond donors (Lipinski definition) is 2. The molecule has 1 aromatic heterocycles. The second kappa shape index (κ2) is 6.02. The number of nitrogens with zero attached hydrogens (tertiary/aromatic N) is 2. The van der Waals surface area contributed by atoms with E-state index >= 15 is 0 Å². The standard InChI is InChI=1S/C18H15ClN4O/c19-14-8-6-13(7-9-14)16-15-10-20-23(17(15)22-18(24)21-16)11-12-4-2-1-3-5-12/h1-10,16H,11H2,(H2,21,22,24)/t16-/m1/s1. The van der Waals surface area contributed by atoms with Crippen molar-refractivity contribution in [2.24, 2.45) is 0 Å². The lowest BCUT2D eigenvalue weighted by molar-refractivity contribution is 0.248. The number of carbonyl (C=O) groups is 1. The molecule has 0 saturated carbocycles. The highest BCUT2D eigenvalue weighted by atomic mass is 35.5. The topological polar surface area (TPSA) is 59.0 Å². The van der Waals surface area contributed by atoms with Crippen LogP contribution >= 0.6 is 11.6 Å². The van der Waals surface area contributed by atoms with E-state index in [2.05, 4.69) is 15.7 Å². The lowest BCUT2D eigenvalue weighted by atomic mass is 9.99. The molecule has 2 N–H and O–H groups in total. The Morgan fingerprint density at radius 1 is 1.08 bits per heavy atom. The molecule has 5 nitrogen and oxygen atoms in total. The van der Waals surface area contributed by atoms with Gasteiger partial charge in [-0.3, -0.25) is 5.32 Å². The van der Waals surface area contributed by atoms with Crippen molar-refractivity contribution in [3.8, 4) is 0 Å². The molecule has 0 radical (unpaired) electrons. The molecule has 120 valence electrons. The summed E-state index contributed by atoms with van der Waals surface area (Å²) in [6, 6.07) is 17.0. The van der Waals surface area contributed by atoms with Crippen molar-refractivity contribution in [3.05, 3.63) is 82.5 Å². The molecule has 0 unspecified atom stereocenters. The lowest BCUT2D eigenvalue weighted by Crippen LogP contribution is -2.38. The van der Waals surface area contributed by atoms with Gasteiger partial charge in [-0.25, -0.2) is 9.48 Å². The Hall–Kier alpha value is -2.79. The third-order valence-corrected chi connectivity index (χ3v) is 4.32. The summed E-state index contributed by atoms with van der Waals surface area (Å²) in [5.41, 5.74) is 3.03. The van der Waals surface area contributed by atoms with E-state index < -0.39 is 0 Å². The third-order valence-electron chi connectivity index (χ3n) is 4.06. The van der Waals surface area contributed by atoms with Gasteiger partial charge in [-0.15, -0.1) is 0 Å². The Balaban J connectivity index is 1.70. The van der Waals surface area contributed by atoms with Gasteiger partial charge in [0.25, 0.3) is 0 Å². The van der Waals surface area contributed by atoms with Gasteiger partial charge in [0.2, 0.25) is 0 Å². The molecule has 0 aliphatic carbocycles. The highest BCUT2D eigenvalue weighted by Gasteiger charge is 2.29. The monoisotopic (exact) mass is 338 g/mol. The lowest BCUT2D eigenvalue weighted by Gasteiger charge is -2.25. The molecular formula is C18H15ClN4O. The first-order valence-electron chi connectivity index (χ1n) is 7.63. The van der Waals surface area contributed by atoms with Gasteiger partial charge >= 0.3 is 6.03 Å². The summed E-state index contributed by atoms with van der Waals surface area (Å²) in [5.74, 6) is 0.725. The summed E-state index contributed by atoms with van der Waals surface area (Å²) in [6.07, 6.45) is 1.80.